The standard InChI is InChI=1S/C19H23FN8/c1-12(9-20)15-8-18(27-26-15)24-17-5-6-21-19(25-17)22-10-13-3-4-14-16(7-13)28(2)11-23-14/h3-8,12,23H,9-11H2,1-2H3,(H3,21,22,24,25,26,27). The van der Waals surface area contributed by atoms with E-state index in [1.807, 2.05) is 0 Å². The van der Waals surface area contributed by atoms with E-state index < -0.39 is 6.67 Å². The second-order valence-electron chi connectivity index (χ2n) is 6.89. The molecule has 1 aromatic carbocycles. The van der Waals surface area contributed by atoms with Crippen LogP contribution in [0.25, 0.3) is 0 Å². The SMILES string of the molecule is CC(CF)c1cc(Nc2ccnc(NCc3ccc4c(c3)N(C)CN4)n2)n[nH]1. The van der Waals surface area contributed by atoms with E-state index in [2.05, 4.69) is 66.3 Å². The fourth-order valence-corrected chi connectivity index (χ4v) is 3.00. The Balaban J connectivity index is 1.40. The van der Waals surface area contributed by atoms with E-state index in [4.69, 9.17) is 0 Å². The number of rotatable bonds is 7. The lowest BCUT2D eigenvalue weighted by molar-refractivity contribution is 0.442. The number of nitrogens with one attached hydrogen (secondary N) is 4. The fraction of sp³-hybridized carbons (Fsp3) is 0.316. The third-order valence-electron chi connectivity index (χ3n) is 4.70. The van der Waals surface area contributed by atoms with Crippen LogP contribution in [0.3, 0.4) is 0 Å². The molecule has 1 atom stereocenters. The average Bonchev–Trinajstić information content (AvgIpc) is 3.33. The van der Waals surface area contributed by atoms with Crippen molar-refractivity contribution in [3.8, 4) is 0 Å². The number of alkyl halides is 1. The van der Waals surface area contributed by atoms with Crippen molar-refractivity contribution in [1.82, 2.24) is 20.2 Å². The monoisotopic (exact) mass is 382 g/mol. The predicted molar refractivity (Wildman–Crippen MR) is 109 cm³/mol. The minimum atomic E-state index is -0.433. The van der Waals surface area contributed by atoms with Gasteiger partial charge in [0.1, 0.15) is 5.82 Å². The van der Waals surface area contributed by atoms with E-state index in [1.165, 1.54) is 5.69 Å². The van der Waals surface area contributed by atoms with Crippen LogP contribution in [-0.2, 0) is 6.54 Å². The molecule has 0 aliphatic carbocycles. The van der Waals surface area contributed by atoms with Gasteiger partial charge in [0.2, 0.25) is 5.95 Å². The highest BCUT2D eigenvalue weighted by Gasteiger charge is 2.15. The lowest BCUT2D eigenvalue weighted by Gasteiger charge is -2.12. The molecule has 8 nitrogen and oxygen atoms in total. The molecule has 146 valence electrons. The molecule has 3 heterocycles. The lowest BCUT2D eigenvalue weighted by atomic mass is 10.1. The summed E-state index contributed by atoms with van der Waals surface area (Å²) in [6.45, 7) is 2.81. The van der Waals surface area contributed by atoms with Crippen LogP contribution in [-0.4, -0.2) is 40.6 Å². The van der Waals surface area contributed by atoms with Crippen LogP contribution in [0.5, 0.6) is 0 Å². The van der Waals surface area contributed by atoms with Gasteiger partial charge in [-0.05, 0) is 23.8 Å². The Morgan fingerprint density at radius 3 is 3.00 bits per heavy atom. The molecule has 0 spiro atoms. The number of halogens is 1. The van der Waals surface area contributed by atoms with E-state index in [0.717, 1.165) is 23.6 Å². The normalized spacial score (nSPS) is 13.8. The van der Waals surface area contributed by atoms with E-state index >= 15 is 0 Å². The number of hydrogen-bond acceptors (Lipinski definition) is 7. The van der Waals surface area contributed by atoms with Gasteiger partial charge in [-0.15, -0.1) is 0 Å². The number of aromatic nitrogens is 4. The first-order chi connectivity index (χ1) is 13.6. The second kappa shape index (κ2) is 7.71. The number of fused-ring (bicyclic) bond motifs is 1. The van der Waals surface area contributed by atoms with Gasteiger partial charge in [-0.25, -0.2) is 4.98 Å². The second-order valence-corrected chi connectivity index (χ2v) is 6.89. The van der Waals surface area contributed by atoms with Crippen LogP contribution in [0.4, 0.5) is 33.3 Å². The zero-order valence-electron chi connectivity index (χ0n) is 15.8. The van der Waals surface area contributed by atoms with Crippen LogP contribution < -0.4 is 20.9 Å². The Morgan fingerprint density at radius 1 is 1.25 bits per heavy atom. The average molecular weight is 382 g/mol. The minimum Gasteiger partial charge on any atom is -0.366 e. The maximum absolute atomic E-state index is 12.8. The summed E-state index contributed by atoms with van der Waals surface area (Å²) in [7, 11) is 2.06. The third kappa shape index (κ3) is 3.83. The number of H-pyrrole nitrogens is 1. The topological polar surface area (TPSA) is 93.8 Å². The highest BCUT2D eigenvalue weighted by Crippen LogP contribution is 2.31. The van der Waals surface area contributed by atoms with Gasteiger partial charge in [0.05, 0.1) is 24.7 Å². The van der Waals surface area contributed by atoms with Crippen LogP contribution in [0, 0.1) is 0 Å². The van der Waals surface area contributed by atoms with Crippen LogP contribution >= 0.6 is 0 Å². The Kier molecular flexibility index (Phi) is 4.96. The van der Waals surface area contributed by atoms with Crippen LogP contribution in [0.15, 0.2) is 36.5 Å². The molecule has 28 heavy (non-hydrogen) atoms. The van der Waals surface area contributed by atoms with Crippen molar-refractivity contribution in [2.24, 2.45) is 0 Å². The summed E-state index contributed by atoms with van der Waals surface area (Å²) in [5, 5.41) is 16.7. The molecule has 0 radical (unpaired) electrons. The summed E-state index contributed by atoms with van der Waals surface area (Å²) in [6.07, 6.45) is 1.68. The Labute approximate surface area is 162 Å². The highest BCUT2D eigenvalue weighted by atomic mass is 19.1. The Morgan fingerprint density at radius 2 is 2.14 bits per heavy atom. The van der Waals surface area contributed by atoms with Gasteiger partial charge in [-0.2, -0.15) is 10.1 Å². The molecule has 0 bridgehead atoms. The van der Waals surface area contributed by atoms with Gasteiger partial charge in [-0.1, -0.05) is 13.0 Å². The first-order valence-corrected chi connectivity index (χ1v) is 9.15. The molecule has 4 rings (SSSR count). The molecular formula is C19H23FN8. The van der Waals surface area contributed by atoms with Crippen molar-refractivity contribution in [3.05, 3.63) is 47.8 Å². The molecular weight excluding hydrogens is 359 g/mol. The number of hydrogen-bond donors (Lipinski definition) is 4. The quantitative estimate of drug-likeness (QED) is 0.497. The van der Waals surface area contributed by atoms with Gasteiger partial charge in [0, 0.05) is 37.5 Å². The molecule has 3 aromatic rings. The first kappa shape index (κ1) is 18.0. The smallest absolute Gasteiger partial charge is 0.224 e. The van der Waals surface area contributed by atoms with Gasteiger partial charge >= 0.3 is 0 Å². The van der Waals surface area contributed by atoms with Crippen molar-refractivity contribution < 1.29 is 4.39 Å². The summed E-state index contributed by atoms with van der Waals surface area (Å²) in [6, 6.07) is 9.87. The van der Waals surface area contributed by atoms with E-state index in [0.29, 0.717) is 24.1 Å². The molecule has 2 aromatic heterocycles. The lowest BCUT2D eigenvalue weighted by Crippen LogP contribution is -2.16. The Bertz CT molecular complexity index is 957. The Hall–Kier alpha value is -3.36. The van der Waals surface area contributed by atoms with Gasteiger partial charge in [0.25, 0.3) is 0 Å². The highest BCUT2D eigenvalue weighted by molar-refractivity contribution is 5.75. The van der Waals surface area contributed by atoms with E-state index in [9.17, 15) is 4.39 Å². The zero-order chi connectivity index (χ0) is 19.5. The molecule has 0 fully saturated rings. The van der Waals surface area contributed by atoms with Crippen molar-refractivity contribution >= 4 is 29.0 Å². The van der Waals surface area contributed by atoms with Gasteiger partial charge < -0.3 is 20.9 Å². The first-order valence-electron chi connectivity index (χ1n) is 9.15. The van der Waals surface area contributed by atoms with E-state index in [-0.39, 0.29) is 5.92 Å². The van der Waals surface area contributed by atoms with Crippen molar-refractivity contribution in [2.75, 3.05) is 41.2 Å². The molecule has 0 saturated heterocycles. The summed E-state index contributed by atoms with van der Waals surface area (Å²) in [4.78, 5) is 10.9. The fourth-order valence-electron chi connectivity index (χ4n) is 3.00. The molecule has 0 amide bonds. The molecule has 1 aliphatic rings. The minimum absolute atomic E-state index is 0.216. The van der Waals surface area contributed by atoms with Gasteiger partial charge in [0.15, 0.2) is 5.82 Å². The largest absolute Gasteiger partial charge is 0.366 e. The maximum Gasteiger partial charge on any atom is 0.224 e. The molecule has 4 N–H and O–H groups in total. The zero-order valence-corrected chi connectivity index (χ0v) is 15.8. The van der Waals surface area contributed by atoms with Crippen molar-refractivity contribution in [3.63, 3.8) is 0 Å². The molecule has 0 saturated carbocycles. The summed E-state index contributed by atoms with van der Waals surface area (Å²) >= 11 is 0. The maximum atomic E-state index is 12.8. The number of anilines is 5. The third-order valence-corrected chi connectivity index (χ3v) is 4.70. The van der Waals surface area contributed by atoms with Gasteiger partial charge in [-0.3, -0.25) is 9.49 Å². The van der Waals surface area contributed by atoms with Crippen LogP contribution in [0.2, 0.25) is 0 Å². The summed E-state index contributed by atoms with van der Waals surface area (Å²) in [5.74, 6) is 1.51. The number of benzene rings is 1. The predicted octanol–water partition coefficient (Wildman–Crippen LogP) is 3.45. The van der Waals surface area contributed by atoms with E-state index in [1.54, 1.807) is 25.3 Å². The van der Waals surface area contributed by atoms with Crippen molar-refractivity contribution in [2.45, 2.75) is 19.4 Å². The number of aromatic amines is 1. The van der Waals surface area contributed by atoms with Crippen molar-refractivity contribution in [1.29, 1.82) is 0 Å². The molecule has 1 aliphatic heterocycles. The molecule has 9 heteroatoms. The summed E-state index contributed by atoms with van der Waals surface area (Å²) < 4.78 is 12.8. The number of nitrogens with zero attached hydrogens (tertiary/aromatic N) is 4. The summed E-state index contributed by atoms with van der Waals surface area (Å²) in [5.41, 5.74) is 4.23. The molecule has 1 unspecified atom stereocenters. The van der Waals surface area contributed by atoms with Crippen LogP contribution in [0.1, 0.15) is 24.1 Å².